The Morgan fingerprint density at radius 3 is 2.32 bits per heavy atom. The van der Waals surface area contributed by atoms with E-state index in [0.717, 1.165) is 18.4 Å². The highest BCUT2D eigenvalue weighted by Gasteiger charge is 2.12. The maximum Gasteiger partial charge on any atom is 0.344 e. The van der Waals surface area contributed by atoms with E-state index in [1.54, 1.807) is 30.3 Å². The van der Waals surface area contributed by atoms with Crippen LogP contribution in [0.15, 0.2) is 48.5 Å². The Morgan fingerprint density at radius 1 is 0.929 bits per heavy atom. The van der Waals surface area contributed by atoms with Crippen LogP contribution >= 0.6 is 0 Å². The molecule has 2 aromatic rings. The number of benzene rings is 2. The molecule has 0 saturated carbocycles. The molecule has 6 nitrogen and oxygen atoms in total. The number of rotatable bonds is 10. The summed E-state index contributed by atoms with van der Waals surface area (Å²) in [4.78, 5) is 35.6. The molecule has 0 aliphatic rings. The summed E-state index contributed by atoms with van der Waals surface area (Å²) in [5.74, 6) is -0.370. The maximum absolute atomic E-state index is 12.2. The van der Waals surface area contributed by atoms with Gasteiger partial charge in [0, 0.05) is 17.7 Å². The monoisotopic (exact) mass is 383 g/mol. The molecule has 0 heterocycles. The van der Waals surface area contributed by atoms with Crippen LogP contribution in [0.25, 0.3) is 0 Å². The van der Waals surface area contributed by atoms with E-state index in [2.05, 4.69) is 5.32 Å². The molecule has 1 amide bonds. The second-order valence-electron chi connectivity index (χ2n) is 6.21. The van der Waals surface area contributed by atoms with Gasteiger partial charge in [-0.25, -0.2) is 4.79 Å². The van der Waals surface area contributed by atoms with Gasteiger partial charge < -0.3 is 14.8 Å². The molecule has 2 aromatic carbocycles. The molecule has 0 unspecified atom stereocenters. The summed E-state index contributed by atoms with van der Waals surface area (Å²) in [6.07, 6.45) is 2.00. The van der Waals surface area contributed by atoms with E-state index >= 15 is 0 Å². The van der Waals surface area contributed by atoms with Crippen molar-refractivity contribution in [3.8, 4) is 5.75 Å². The lowest BCUT2D eigenvalue weighted by Crippen LogP contribution is -2.20. The molecule has 148 valence electrons. The predicted octanol–water partition coefficient (Wildman–Crippen LogP) is 3.79. The molecule has 0 bridgehead atoms. The van der Waals surface area contributed by atoms with Gasteiger partial charge in [-0.15, -0.1) is 0 Å². The lowest BCUT2D eigenvalue weighted by molar-refractivity contribution is -0.144. The fourth-order valence-corrected chi connectivity index (χ4v) is 2.53. The topological polar surface area (TPSA) is 81.7 Å². The number of para-hydroxylation sites is 1. The number of carbonyl (C=O) groups excluding carboxylic acids is 3. The normalized spacial score (nSPS) is 10.2. The van der Waals surface area contributed by atoms with Crippen LogP contribution in [0.1, 0.15) is 42.6 Å². The molecule has 0 spiro atoms. The van der Waals surface area contributed by atoms with Crippen LogP contribution in [0.5, 0.6) is 5.75 Å². The zero-order valence-corrected chi connectivity index (χ0v) is 16.2. The number of ketones is 1. The average molecular weight is 383 g/mol. The molecule has 0 atom stereocenters. The fourth-order valence-electron chi connectivity index (χ4n) is 2.53. The van der Waals surface area contributed by atoms with Crippen molar-refractivity contribution in [3.05, 3.63) is 59.7 Å². The minimum absolute atomic E-state index is 0.0693. The second-order valence-corrected chi connectivity index (χ2v) is 6.21. The average Bonchev–Trinajstić information content (AvgIpc) is 2.71. The van der Waals surface area contributed by atoms with Crippen molar-refractivity contribution in [1.82, 2.24) is 0 Å². The second kappa shape index (κ2) is 10.9. The van der Waals surface area contributed by atoms with Crippen LogP contribution < -0.4 is 10.1 Å². The molecule has 0 saturated heterocycles. The number of Topliss-reactive ketones (excluding diaryl/α,β-unsaturated/α-hetero) is 1. The van der Waals surface area contributed by atoms with E-state index in [-0.39, 0.29) is 24.9 Å². The Bertz CT molecular complexity index is 814. The van der Waals surface area contributed by atoms with Crippen LogP contribution in [-0.2, 0) is 20.7 Å². The van der Waals surface area contributed by atoms with Crippen molar-refractivity contribution in [2.45, 2.75) is 33.1 Å². The van der Waals surface area contributed by atoms with E-state index in [1.807, 2.05) is 32.0 Å². The summed E-state index contributed by atoms with van der Waals surface area (Å²) in [6, 6.07) is 13.9. The van der Waals surface area contributed by atoms with E-state index in [1.165, 1.54) is 0 Å². The third-order valence-electron chi connectivity index (χ3n) is 4.03. The Labute approximate surface area is 164 Å². The van der Waals surface area contributed by atoms with Crippen LogP contribution in [0.2, 0.25) is 0 Å². The Morgan fingerprint density at radius 2 is 1.64 bits per heavy atom. The number of hydrogen-bond acceptors (Lipinski definition) is 5. The zero-order chi connectivity index (χ0) is 20.4. The number of aryl methyl sites for hydroxylation is 1. The summed E-state index contributed by atoms with van der Waals surface area (Å²) in [6.45, 7) is 3.31. The van der Waals surface area contributed by atoms with Gasteiger partial charge in [-0.3, -0.25) is 9.59 Å². The Hall–Kier alpha value is -3.15. The zero-order valence-electron chi connectivity index (χ0n) is 16.2. The van der Waals surface area contributed by atoms with Gasteiger partial charge in [0.25, 0.3) is 0 Å². The summed E-state index contributed by atoms with van der Waals surface area (Å²) < 4.78 is 10.5. The number of esters is 1. The number of carbonyl (C=O) groups is 3. The first-order chi connectivity index (χ1) is 13.5. The van der Waals surface area contributed by atoms with Crippen LogP contribution in [-0.4, -0.2) is 30.9 Å². The minimum atomic E-state index is -0.609. The molecule has 2 rings (SSSR count). The molecule has 0 fully saturated rings. The molecule has 1 N–H and O–H groups in total. The number of amides is 1. The third kappa shape index (κ3) is 6.54. The van der Waals surface area contributed by atoms with Crippen molar-refractivity contribution < 1.29 is 23.9 Å². The van der Waals surface area contributed by atoms with Crippen molar-refractivity contribution >= 4 is 23.3 Å². The molecular weight excluding hydrogens is 358 g/mol. The largest absolute Gasteiger partial charge is 0.482 e. The smallest absolute Gasteiger partial charge is 0.344 e. The van der Waals surface area contributed by atoms with Gasteiger partial charge >= 0.3 is 5.97 Å². The first-order valence-corrected chi connectivity index (χ1v) is 9.33. The lowest BCUT2D eigenvalue weighted by Gasteiger charge is -2.10. The molecular formula is C22H25NO5. The Kier molecular flexibility index (Phi) is 8.21. The van der Waals surface area contributed by atoms with Crippen molar-refractivity contribution in [2.75, 3.05) is 18.5 Å². The van der Waals surface area contributed by atoms with Crippen molar-refractivity contribution in [2.24, 2.45) is 0 Å². The number of nitrogens with one attached hydrogen (secondary N) is 1. The first kappa shape index (κ1) is 21.2. The number of ether oxygens (including phenoxy) is 2. The summed E-state index contributed by atoms with van der Waals surface area (Å²) >= 11 is 0. The van der Waals surface area contributed by atoms with Crippen LogP contribution in [0.4, 0.5) is 5.69 Å². The highest BCUT2D eigenvalue weighted by Crippen LogP contribution is 2.18. The van der Waals surface area contributed by atoms with E-state index in [9.17, 15) is 14.4 Å². The highest BCUT2D eigenvalue weighted by molar-refractivity contribution is 5.98. The lowest BCUT2D eigenvalue weighted by atomic mass is 10.1. The van der Waals surface area contributed by atoms with Gasteiger partial charge in [0.1, 0.15) is 5.75 Å². The maximum atomic E-state index is 12.2. The van der Waals surface area contributed by atoms with E-state index in [0.29, 0.717) is 23.4 Å². The van der Waals surface area contributed by atoms with E-state index in [4.69, 9.17) is 9.47 Å². The Balaban J connectivity index is 1.79. The summed E-state index contributed by atoms with van der Waals surface area (Å²) in [7, 11) is 0. The molecule has 0 aliphatic carbocycles. The van der Waals surface area contributed by atoms with Crippen molar-refractivity contribution in [1.29, 1.82) is 0 Å². The van der Waals surface area contributed by atoms with Gasteiger partial charge in [-0.1, -0.05) is 32.0 Å². The fraction of sp³-hybridized carbons (Fsp3) is 0.318. The SMILES string of the molecule is CCCC(=O)Nc1ccc(C(=O)COC(=O)COc2ccccc2CC)cc1. The van der Waals surface area contributed by atoms with Crippen LogP contribution in [0.3, 0.4) is 0 Å². The minimum Gasteiger partial charge on any atom is -0.482 e. The summed E-state index contributed by atoms with van der Waals surface area (Å²) in [5, 5.41) is 2.75. The van der Waals surface area contributed by atoms with Crippen LogP contribution in [0, 0.1) is 0 Å². The van der Waals surface area contributed by atoms with E-state index < -0.39 is 5.97 Å². The van der Waals surface area contributed by atoms with Gasteiger partial charge in [-0.2, -0.15) is 0 Å². The number of anilines is 1. The third-order valence-corrected chi connectivity index (χ3v) is 4.03. The van der Waals surface area contributed by atoms with Gasteiger partial charge in [-0.05, 0) is 48.7 Å². The molecule has 0 radical (unpaired) electrons. The van der Waals surface area contributed by atoms with Gasteiger partial charge in [0.05, 0.1) is 0 Å². The first-order valence-electron chi connectivity index (χ1n) is 9.33. The van der Waals surface area contributed by atoms with Gasteiger partial charge in [0.2, 0.25) is 5.91 Å². The molecule has 0 aromatic heterocycles. The molecule has 6 heteroatoms. The molecule has 0 aliphatic heterocycles. The number of hydrogen-bond donors (Lipinski definition) is 1. The van der Waals surface area contributed by atoms with Crippen molar-refractivity contribution in [3.63, 3.8) is 0 Å². The highest BCUT2D eigenvalue weighted by atomic mass is 16.6. The summed E-state index contributed by atoms with van der Waals surface area (Å²) in [5.41, 5.74) is 2.02. The predicted molar refractivity (Wildman–Crippen MR) is 107 cm³/mol. The molecule has 28 heavy (non-hydrogen) atoms. The quantitative estimate of drug-likeness (QED) is 0.499. The standard InChI is InChI=1S/C22H25NO5/c1-3-7-21(25)23-18-12-10-17(11-13-18)19(24)14-28-22(26)15-27-20-9-6-5-8-16(20)4-2/h5-6,8-13H,3-4,7,14-15H2,1-2H3,(H,23,25). The van der Waals surface area contributed by atoms with Gasteiger partial charge in [0.15, 0.2) is 19.0 Å².